The number of aromatic nitrogens is 2. The van der Waals surface area contributed by atoms with E-state index in [0.717, 1.165) is 31.5 Å². The molecule has 0 bridgehead atoms. The Kier molecular flexibility index (Phi) is 5.50. The van der Waals surface area contributed by atoms with Gasteiger partial charge in [0.05, 0.1) is 36.9 Å². The number of likely N-dealkylation sites (N-methyl/N-ethyl adjacent to an activating group) is 1. The van der Waals surface area contributed by atoms with Gasteiger partial charge in [-0.1, -0.05) is 0 Å². The van der Waals surface area contributed by atoms with E-state index in [1.807, 2.05) is 4.90 Å². The second kappa shape index (κ2) is 7.79. The molecule has 0 unspecified atom stereocenters. The maximum absolute atomic E-state index is 12.4. The second-order valence-electron chi connectivity index (χ2n) is 6.67. The maximum Gasteiger partial charge on any atom is 0.246 e. The zero-order valence-corrected chi connectivity index (χ0v) is 14.4. The first kappa shape index (κ1) is 17.6. The fraction of sp³-hybridized carbons (Fsp3) is 0.588. The van der Waals surface area contributed by atoms with E-state index in [4.69, 9.17) is 0 Å². The van der Waals surface area contributed by atoms with Crippen LogP contribution in [-0.4, -0.2) is 81.6 Å². The molecule has 8 nitrogen and oxygen atoms in total. The Morgan fingerprint density at radius 1 is 1.48 bits per heavy atom. The molecule has 1 aromatic heterocycles. The Morgan fingerprint density at radius 3 is 3.04 bits per heavy atom. The first-order valence-electron chi connectivity index (χ1n) is 8.68. The molecule has 1 aliphatic carbocycles. The van der Waals surface area contributed by atoms with Gasteiger partial charge >= 0.3 is 0 Å². The van der Waals surface area contributed by atoms with E-state index in [1.54, 1.807) is 30.5 Å². The van der Waals surface area contributed by atoms with E-state index in [0.29, 0.717) is 13.1 Å². The second-order valence-corrected chi connectivity index (χ2v) is 6.67. The number of piperazine rings is 1. The van der Waals surface area contributed by atoms with Crippen molar-refractivity contribution < 1.29 is 14.7 Å². The maximum atomic E-state index is 12.4. The molecule has 0 radical (unpaired) electrons. The summed E-state index contributed by atoms with van der Waals surface area (Å²) >= 11 is 0. The van der Waals surface area contributed by atoms with Crippen molar-refractivity contribution in [3.63, 3.8) is 0 Å². The van der Waals surface area contributed by atoms with Gasteiger partial charge in [-0.05, 0) is 25.3 Å². The third-order valence-electron chi connectivity index (χ3n) is 5.10. The normalized spacial score (nSPS) is 28.1. The van der Waals surface area contributed by atoms with Crippen molar-refractivity contribution in [1.82, 2.24) is 25.1 Å². The van der Waals surface area contributed by atoms with Crippen LogP contribution in [-0.2, 0) is 9.59 Å². The van der Waals surface area contributed by atoms with Gasteiger partial charge in [0.1, 0.15) is 0 Å². The predicted molar refractivity (Wildman–Crippen MR) is 92.4 cm³/mol. The summed E-state index contributed by atoms with van der Waals surface area (Å²) < 4.78 is 0. The topological polar surface area (TPSA) is 102 Å². The third-order valence-corrected chi connectivity index (χ3v) is 5.10. The molecule has 1 saturated carbocycles. The standard InChI is InChI=1S/C17H25N5O3/c1-21(16(24)6-5-12-9-18-11-20-12)13-3-2-4-14(17(13)25)22-8-7-19-15(23)10-22/h5-6,9,11,13-14,17,25H,2-4,7-8,10H2,1H3,(H,18,20)(H,19,23)/b6-5+/t13-,14-,17-/m1/s1. The van der Waals surface area contributed by atoms with Gasteiger partial charge in [-0.2, -0.15) is 0 Å². The average molecular weight is 347 g/mol. The van der Waals surface area contributed by atoms with Gasteiger partial charge in [0.2, 0.25) is 11.8 Å². The highest BCUT2D eigenvalue weighted by molar-refractivity contribution is 5.91. The lowest BCUT2D eigenvalue weighted by Crippen LogP contribution is -2.60. The lowest BCUT2D eigenvalue weighted by atomic mass is 9.86. The van der Waals surface area contributed by atoms with Crippen molar-refractivity contribution in [3.05, 3.63) is 24.3 Å². The van der Waals surface area contributed by atoms with E-state index in [9.17, 15) is 14.7 Å². The zero-order valence-electron chi connectivity index (χ0n) is 14.4. The highest BCUT2D eigenvalue weighted by Gasteiger charge is 2.39. The smallest absolute Gasteiger partial charge is 0.246 e. The van der Waals surface area contributed by atoms with Crippen molar-refractivity contribution >= 4 is 17.9 Å². The van der Waals surface area contributed by atoms with Crippen LogP contribution >= 0.6 is 0 Å². The molecule has 2 aliphatic rings. The number of H-pyrrole nitrogens is 1. The van der Waals surface area contributed by atoms with Gasteiger partial charge in [-0.15, -0.1) is 0 Å². The molecular formula is C17H25N5O3. The first-order valence-corrected chi connectivity index (χ1v) is 8.68. The van der Waals surface area contributed by atoms with Crippen molar-refractivity contribution in [1.29, 1.82) is 0 Å². The molecule has 1 saturated heterocycles. The third kappa shape index (κ3) is 4.08. The number of hydrogen-bond donors (Lipinski definition) is 3. The van der Waals surface area contributed by atoms with Crippen LogP contribution in [0.4, 0.5) is 0 Å². The fourth-order valence-corrected chi connectivity index (χ4v) is 3.70. The number of carbonyl (C=O) groups is 2. The summed E-state index contributed by atoms with van der Waals surface area (Å²) in [5.74, 6) is -0.164. The summed E-state index contributed by atoms with van der Waals surface area (Å²) in [6, 6.07) is -0.334. The van der Waals surface area contributed by atoms with Gasteiger partial charge < -0.3 is 20.3 Å². The Hall–Kier alpha value is -2.19. The number of aromatic amines is 1. The molecule has 3 N–H and O–H groups in total. The molecule has 1 aromatic rings. The fourth-order valence-electron chi connectivity index (χ4n) is 3.70. The van der Waals surface area contributed by atoms with Crippen LogP contribution in [0.3, 0.4) is 0 Å². The predicted octanol–water partition coefficient (Wildman–Crippen LogP) is -0.405. The lowest BCUT2D eigenvalue weighted by molar-refractivity contribution is -0.135. The monoisotopic (exact) mass is 347 g/mol. The molecule has 2 fully saturated rings. The number of rotatable bonds is 4. The molecule has 0 aromatic carbocycles. The van der Waals surface area contributed by atoms with Crippen molar-refractivity contribution in [2.24, 2.45) is 0 Å². The first-order chi connectivity index (χ1) is 12.1. The van der Waals surface area contributed by atoms with Gasteiger partial charge in [-0.3, -0.25) is 14.5 Å². The molecule has 0 spiro atoms. The number of aliphatic hydroxyl groups is 1. The summed E-state index contributed by atoms with van der Waals surface area (Å²) in [5.41, 5.74) is 0.753. The van der Waals surface area contributed by atoms with Gasteiger partial charge in [0.25, 0.3) is 0 Å². The van der Waals surface area contributed by atoms with Crippen molar-refractivity contribution in [2.45, 2.75) is 37.5 Å². The molecule has 1 aliphatic heterocycles. The molecular weight excluding hydrogens is 322 g/mol. The highest BCUT2D eigenvalue weighted by atomic mass is 16.3. The number of carbonyl (C=O) groups excluding carboxylic acids is 2. The van der Waals surface area contributed by atoms with Gasteiger partial charge in [0.15, 0.2) is 0 Å². The van der Waals surface area contributed by atoms with Crippen LogP contribution in [0.2, 0.25) is 0 Å². The SMILES string of the molecule is CN(C(=O)/C=C/c1cnc[nH]1)[C@@H]1CCC[C@@H](N2CCNC(=O)C2)[C@@H]1O. The number of aliphatic hydroxyl groups excluding tert-OH is 1. The number of nitrogens with one attached hydrogen (secondary N) is 2. The number of amides is 2. The van der Waals surface area contributed by atoms with Crippen LogP contribution in [0.15, 0.2) is 18.6 Å². The van der Waals surface area contributed by atoms with Crippen LogP contribution in [0.5, 0.6) is 0 Å². The van der Waals surface area contributed by atoms with Crippen LogP contribution in [0, 0.1) is 0 Å². The Labute approximate surface area is 146 Å². The summed E-state index contributed by atoms with van der Waals surface area (Å²) in [4.78, 5) is 34.5. The minimum atomic E-state index is -0.658. The van der Waals surface area contributed by atoms with Crippen molar-refractivity contribution in [3.8, 4) is 0 Å². The lowest BCUT2D eigenvalue weighted by Gasteiger charge is -2.45. The van der Waals surface area contributed by atoms with Crippen molar-refractivity contribution in [2.75, 3.05) is 26.7 Å². The molecule has 2 heterocycles. The number of hydrogen-bond acceptors (Lipinski definition) is 5. The van der Waals surface area contributed by atoms with E-state index in [-0.39, 0.29) is 23.9 Å². The molecule has 3 atom stereocenters. The Bertz CT molecular complexity index is 630. The Morgan fingerprint density at radius 2 is 2.32 bits per heavy atom. The van der Waals surface area contributed by atoms with E-state index >= 15 is 0 Å². The molecule has 2 amide bonds. The van der Waals surface area contributed by atoms with E-state index in [1.165, 1.54) is 6.08 Å². The summed E-state index contributed by atoms with van der Waals surface area (Å²) in [6.07, 6.45) is 8.22. The minimum absolute atomic E-state index is 0.00695. The van der Waals surface area contributed by atoms with Crippen LogP contribution in [0.1, 0.15) is 25.0 Å². The zero-order chi connectivity index (χ0) is 17.8. The quantitative estimate of drug-likeness (QED) is 0.643. The van der Waals surface area contributed by atoms with E-state index < -0.39 is 6.10 Å². The summed E-state index contributed by atoms with van der Waals surface area (Å²) in [7, 11) is 1.72. The van der Waals surface area contributed by atoms with Crippen LogP contribution in [0.25, 0.3) is 6.08 Å². The number of imidazole rings is 1. The highest BCUT2D eigenvalue weighted by Crippen LogP contribution is 2.27. The summed E-state index contributed by atoms with van der Waals surface area (Å²) in [5, 5.41) is 13.6. The summed E-state index contributed by atoms with van der Waals surface area (Å²) in [6.45, 7) is 1.65. The molecule has 3 rings (SSSR count). The van der Waals surface area contributed by atoms with Gasteiger partial charge in [0, 0.05) is 32.3 Å². The van der Waals surface area contributed by atoms with Gasteiger partial charge in [-0.25, -0.2) is 4.98 Å². The molecule has 25 heavy (non-hydrogen) atoms. The Balaban J connectivity index is 1.64. The largest absolute Gasteiger partial charge is 0.389 e. The average Bonchev–Trinajstić information content (AvgIpc) is 3.13. The molecule has 8 heteroatoms. The minimum Gasteiger partial charge on any atom is -0.389 e. The van der Waals surface area contributed by atoms with Crippen LogP contribution < -0.4 is 5.32 Å². The number of nitrogens with zero attached hydrogens (tertiary/aromatic N) is 3. The molecule has 136 valence electrons. The van der Waals surface area contributed by atoms with E-state index in [2.05, 4.69) is 15.3 Å².